The lowest BCUT2D eigenvalue weighted by Gasteiger charge is -2.12. The van der Waals surface area contributed by atoms with Crippen molar-refractivity contribution in [3.63, 3.8) is 0 Å². The smallest absolute Gasteiger partial charge is 0.0953 e. The maximum atomic E-state index is 5.84. The average molecular weight is 229 g/mol. The van der Waals surface area contributed by atoms with Crippen molar-refractivity contribution in [1.82, 2.24) is 9.55 Å². The number of hydrogen-bond acceptors (Lipinski definition) is 2. The van der Waals surface area contributed by atoms with E-state index in [1.807, 2.05) is 19.4 Å². The zero-order valence-corrected chi connectivity index (χ0v) is 10.6. The molecule has 1 aromatic carbocycles. The molecule has 2 N–H and O–H groups in total. The molecule has 1 heterocycles. The Bertz CT molecular complexity index is 480. The Hall–Kier alpha value is -1.61. The molecular weight excluding hydrogens is 210 g/mol. The zero-order chi connectivity index (χ0) is 12.4. The van der Waals surface area contributed by atoms with Crippen LogP contribution in [0.2, 0.25) is 0 Å². The van der Waals surface area contributed by atoms with Crippen molar-refractivity contribution < 1.29 is 0 Å². The van der Waals surface area contributed by atoms with Gasteiger partial charge in [-0.3, -0.25) is 0 Å². The molecule has 3 heteroatoms. The molecule has 0 aliphatic carbocycles. The number of imidazole rings is 1. The molecule has 2 aromatic rings. The Balaban J connectivity index is 2.37. The second-order valence-electron chi connectivity index (χ2n) is 4.69. The van der Waals surface area contributed by atoms with Crippen LogP contribution in [0.25, 0.3) is 11.3 Å². The largest absolute Gasteiger partial charge is 0.328 e. The third-order valence-electron chi connectivity index (χ3n) is 2.95. The summed E-state index contributed by atoms with van der Waals surface area (Å²) in [6.07, 6.45) is 3.78. The molecule has 0 amide bonds. The van der Waals surface area contributed by atoms with Crippen LogP contribution in [0.4, 0.5) is 0 Å². The molecule has 17 heavy (non-hydrogen) atoms. The molecule has 0 aliphatic heterocycles. The lowest BCUT2D eigenvalue weighted by Crippen LogP contribution is -2.05. The minimum Gasteiger partial charge on any atom is -0.328 e. The number of benzene rings is 1. The summed E-state index contributed by atoms with van der Waals surface area (Å²) in [6.45, 7) is 6.30. The highest BCUT2D eigenvalue weighted by Gasteiger charge is 2.08. The quantitative estimate of drug-likeness (QED) is 0.878. The van der Waals surface area contributed by atoms with Crippen molar-refractivity contribution in [3.8, 4) is 11.3 Å². The van der Waals surface area contributed by atoms with E-state index in [-0.39, 0.29) is 6.04 Å². The summed E-state index contributed by atoms with van der Waals surface area (Å²) in [7, 11) is 0. The summed E-state index contributed by atoms with van der Waals surface area (Å²) in [5, 5.41) is 0. The van der Waals surface area contributed by atoms with Crippen molar-refractivity contribution in [1.29, 1.82) is 0 Å². The molecule has 0 saturated heterocycles. The zero-order valence-electron chi connectivity index (χ0n) is 10.6. The van der Waals surface area contributed by atoms with E-state index in [1.165, 1.54) is 5.56 Å². The van der Waals surface area contributed by atoms with Gasteiger partial charge in [0.05, 0.1) is 18.2 Å². The first-order chi connectivity index (χ1) is 8.09. The fourth-order valence-electron chi connectivity index (χ4n) is 1.90. The molecule has 2 rings (SSSR count). The summed E-state index contributed by atoms with van der Waals surface area (Å²) in [4.78, 5) is 4.22. The SMILES string of the molecule is CC(N)c1ccc(-c2cncn2C(C)C)cc1. The predicted molar refractivity (Wildman–Crippen MR) is 70.7 cm³/mol. The molecule has 1 atom stereocenters. The monoisotopic (exact) mass is 229 g/mol. The Morgan fingerprint density at radius 3 is 2.29 bits per heavy atom. The molecular formula is C14H19N3. The molecule has 0 radical (unpaired) electrons. The van der Waals surface area contributed by atoms with Gasteiger partial charge in [-0.1, -0.05) is 24.3 Å². The summed E-state index contributed by atoms with van der Waals surface area (Å²) in [6, 6.07) is 8.87. The lowest BCUT2D eigenvalue weighted by atomic mass is 10.1. The van der Waals surface area contributed by atoms with Crippen molar-refractivity contribution in [2.75, 3.05) is 0 Å². The van der Waals surface area contributed by atoms with Gasteiger partial charge in [-0.05, 0) is 31.9 Å². The van der Waals surface area contributed by atoms with Gasteiger partial charge in [-0.15, -0.1) is 0 Å². The number of nitrogens with two attached hydrogens (primary N) is 1. The first-order valence-electron chi connectivity index (χ1n) is 5.97. The van der Waals surface area contributed by atoms with Crippen LogP contribution in [0.3, 0.4) is 0 Å². The Kier molecular flexibility index (Phi) is 3.29. The van der Waals surface area contributed by atoms with Gasteiger partial charge >= 0.3 is 0 Å². The van der Waals surface area contributed by atoms with Gasteiger partial charge in [-0.25, -0.2) is 4.98 Å². The van der Waals surface area contributed by atoms with E-state index in [2.05, 4.69) is 47.7 Å². The molecule has 1 unspecified atom stereocenters. The van der Waals surface area contributed by atoms with E-state index >= 15 is 0 Å². The van der Waals surface area contributed by atoms with Crippen molar-refractivity contribution in [2.24, 2.45) is 5.73 Å². The lowest BCUT2D eigenvalue weighted by molar-refractivity contribution is 0.605. The fourth-order valence-corrected chi connectivity index (χ4v) is 1.90. The predicted octanol–water partition coefficient (Wildman–Crippen LogP) is 3.15. The number of aromatic nitrogens is 2. The van der Waals surface area contributed by atoms with Crippen LogP contribution in [0, 0.1) is 0 Å². The van der Waals surface area contributed by atoms with Gasteiger partial charge in [0.15, 0.2) is 0 Å². The van der Waals surface area contributed by atoms with Crippen molar-refractivity contribution >= 4 is 0 Å². The third kappa shape index (κ3) is 2.39. The summed E-state index contributed by atoms with van der Waals surface area (Å²) in [5.41, 5.74) is 9.33. The van der Waals surface area contributed by atoms with Crippen LogP contribution in [-0.4, -0.2) is 9.55 Å². The summed E-state index contributed by atoms with van der Waals surface area (Å²) >= 11 is 0. The van der Waals surface area contributed by atoms with Crippen LogP contribution in [0.5, 0.6) is 0 Å². The van der Waals surface area contributed by atoms with Crippen LogP contribution in [0.1, 0.15) is 38.4 Å². The molecule has 0 spiro atoms. The van der Waals surface area contributed by atoms with E-state index in [1.54, 1.807) is 0 Å². The van der Waals surface area contributed by atoms with Crippen LogP contribution < -0.4 is 5.73 Å². The molecule has 0 fully saturated rings. The molecule has 90 valence electrons. The minimum atomic E-state index is 0.0825. The first kappa shape index (κ1) is 11.9. The van der Waals surface area contributed by atoms with Crippen LogP contribution in [0.15, 0.2) is 36.8 Å². The van der Waals surface area contributed by atoms with E-state index < -0.39 is 0 Å². The minimum absolute atomic E-state index is 0.0825. The molecule has 0 aliphatic rings. The van der Waals surface area contributed by atoms with Gasteiger partial charge in [0.1, 0.15) is 0 Å². The second-order valence-corrected chi connectivity index (χ2v) is 4.69. The van der Waals surface area contributed by atoms with Gasteiger partial charge in [0.2, 0.25) is 0 Å². The number of nitrogens with zero attached hydrogens (tertiary/aromatic N) is 2. The highest BCUT2D eigenvalue weighted by atomic mass is 15.1. The average Bonchev–Trinajstić information content (AvgIpc) is 2.78. The highest BCUT2D eigenvalue weighted by Crippen LogP contribution is 2.23. The fraction of sp³-hybridized carbons (Fsp3) is 0.357. The van der Waals surface area contributed by atoms with Gasteiger partial charge in [-0.2, -0.15) is 0 Å². The Labute approximate surface area is 102 Å². The third-order valence-corrected chi connectivity index (χ3v) is 2.95. The number of rotatable bonds is 3. The van der Waals surface area contributed by atoms with Crippen LogP contribution >= 0.6 is 0 Å². The second kappa shape index (κ2) is 4.72. The van der Waals surface area contributed by atoms with E-state index in [9.17, 15) is 0 Å². The number of hydrogen-bond donors (Lipinski definition) is 1. The molecule has 0 bridgehead atoms. The molecule has 0 saturated carbocycles. The van der Waals surface area contributed by atoms with Crippen molar-refractivity contribution in [3.05, 3.63) is 42.4 Å². The topological polar surface area (TPSA) is 43.8 Å². The van der Waals surface area contributed by atoms with Gasteiger partial charge < -0.3 is 10.3 Å². The maximum Gasteiger partial charge on any atom is 0.0953 e. The highest BCUT2D eigenvalue weighted by molar-refractivity contribution is 5.59. The summed E-state index contributed by atoms with van der Waals surface area (Å²) < 4.78 is 2.17. The maximum absolute atomic E-state index is 5.84. The standard InChI is InChI=1S/C14H19N3/c1-10(2)17-9-16-8-14(17)13-6-4-12(5-7-13)11(3)15/h4-11H,15H2,1-3H3. The van der Waals surface area contributed by atoms with E-state index in [0.29, 0.717) is 6.04 Å². The van der Waals surface area contributed by atoms with E-state index in [0.717, 1.165) is 11.3 Å². The summed E-state index contributed by atoms with van der Waals surface area (Å²) in [5.74, 6) is 0. The Morgan fingerprint density at radius 1 is 1.12 bits per heavy atom. The first-order valence-corrected chi connectivity index (χ1v) is 5.97. The van der Waals surface area contributed by atoms with Crippen LogP contribution in [-0.2, 0) is 0 Å². The Morgan fingerprint density at radius 2 is 1.76 bits per heavy atom. The van der Waals surface area contributed by atoms with Crippen molar-refractivity contribution in [2.45, 2.75) is 32.9 Å². The van der Waals surface area contributed by atoms with E-state index in [4.69, 9.17) is 5.73 Å². The molecule has 1 aromatic heterocycles. The van der Waals surface area contributed by atoms with Gasteiger partial charge in [0, 0.05) is 12.1 Å². The molecule has 3 nitrogen and oxygen atoms in total. The van der Waals surface area contributed by atoms with Gasteiger partial charge in [0.25, 0.3) is 0 Å². The normalized spacial score (nSPS) is 13.0.